The third kappa shape index (κ3) is 2.69. The normalized spacial score (nSPS) is 15.1. The van der Waals surface area contributed by atoms with Crippen molar-refractivity contribution in [1.82, 2.24) is 10.2 Å². The maximum Gasteiger partial charge on any atom is 0.155 e. The lowest BCUT2D eigenvalue weighted by Gasteiger charge is -2.24. The molecule has 1 heterocycles. The lowest BCUT2D eigenvalue weighted by atomic mass is 10.2. The summed E-state index contributed by atoms with van der Waals surface area (Å²) in [5.74, 6) is 0.950. The molecule has 0 radical (unpaired) electrons. The zero-order chi connectivity index (χ0) is 12.4. The molecular formula is C12H18ClN3O. The van der Waals surface area contributed by atoms with Crippen molar-refractivity contribution in [2.45, 2.75) is 32.7 Å². The van der Waals surface area contributed by atoms with Gasteiger partial charge in [0.15, 0.2) is 11.0 Å². The van der Waals surface area contributed by atoms with Crippen LogP contribution in [-0.4, -0.2) is 36.5 Å². The van der Waals surface area contributed by atoms with Gasteiger partial charge in [-0.2, -0.15) is 0 Å². The first-order valence-corrected chi connectivity index (χ1v) is 6.28. The number of hydrogen-bond acceptors (Lipinski definition) is 4. The van der Waals surface area contributed by atoms with Crippen molar-refractivity contribution in [2.24, 2.45) is 0 Å². The minimum absolute atomic E-state index is 0.494. The van der Waals surface area contributed by atoms with E-state index in [1.165, 1.54) is 12.8 Å². The van der Waals surface area contributed by atoms with Crippen LogP contribution in [0.25, 0.3) is 0 Å². The first kappa shape index (κ1) is 12.6. The van der Waals surface area contributed by atoms with Crippen molar-refractivity contribution in [3.05, 3.63) is 16.3 Å². The van der Waals surface area contributed by atoms with Crippen LogP contribution in [0, 0.1) is 13.8 Å². The predicted octanol–water partition coefficient (Wildman–Crippen LogP) is 2.36. The van der Waals surface area contributed by atoms with E-state index in [9.17, 15) is 0 Å². The van der Waals surface area contributed by atoms with Crippen LogP contribution in [0.5, 0.6) is 0 Å². The topological polar surface area (TPSA) is 38.2 Å². The Morgan fingerprint density at radius 1 is 1.29 bits per heavy atom. The summed E-state index contributed by atoms with van der Waals surface area (Å²) in [5.41, 5.74) is 2.13. The summed E-state index contributed by atoms with van der Waals surface area (Å²) in [4.78, 5) is 2.29. The van der Waals surface area contributed by atoms with Crippen LogP contribution >= 0.6 is 11.6 Å². The number of halogens is 1. The van der Waals surface area contributed by atoms with Gasteiger partial charge < -0.3 is 9.64 Å². The van der Waals surface area contributed by atoms with E-state index in [2.05, 4.69) is 15.1 Å². The number of aromatic nitrogens is 2. The molecule has 0 unspecified atom stereocenters. The number of ether oxygens (including phenoxy) is 1. The van der Waals surface area contributed by atoms with E-state index in [1.807, 2.05) is 13.8 Å². The molecule has 0 bridgehead atoms. The maximum absolute atomic E-state index is 5.97. The molecule has 5 heteroatoms. The highest BCUT2D eigenvalue weighted by Crippen LogP contribution is 2.33. The fraction of sp³-hybridized carbons (Fsp3) is 0.667. The molecule has 0 atom stereocenters. The highest BCUT2D eigenvalue weighted by atomic mass is 35.5. The van der Waals surface area contributed by atoms with E-state index in [1.54, 1.807) is 7.11 Å². The van der Waals surface area contributed by atoms with Crippen LogP contribution in [-0.2, 0) is 4.74 Å². The summed E-state index contributed by atoms with van der Waals surface area (Å²) >= 11 is 5.97. The quantitative estimate of drug-likeness (QED) is 0.810. The largest absolute Gasteiger partial charge is 0.383 e. The molecule has 1 saturated carbocycles. The molecule has 0 aliphatic heterocycles. The number of methoxy groups -OCH3 is 1. The Kier molecular flexibility index (Phi) is 3.84. The van der Waals surface area contributed by atoms with Crippen LogP contribution < -0.4 is 4.90 Å². The van der Waals surface area contributed by atoms with E-state index < -0.39 is 0 Å². The third-order valence-corrected chi connectivity index (χ3v) is 3.59. The van der Waals surface area contributed by atoms with Crippen molar-refractivity contribution in [3.8, 4) is 0 Å². The summed E-state index contributed by atoms with van der Waals surface area (Å²) in [5, 5.41) is 8.75. The van der Waals surface area contributed by atoms with Crippen LogP contribution in [0.3, 0.4) is 0 Å². The number of rotatable bonds is 5. The average Bonchev–Trinajstić information content (AvgIpc) is 3.13. The summed E-state index contributed by atoms with van der Waals surface area (Å²) < 4.78 is 5.15. The Labute approximate surface area is 107 Å². The number of hydrogen-bond donors (Lipinski definition) is 0. The molecule has 2 rings (SSSR count). The fourth-order valence-electron chi connectivity index (χ4n) is 1.87. The van der Waals surface area contributed by atoms with E-state index >= 15 is 0 Å². The van der Waals surface area contributed by atoms with E-state index in [0.717, 1.165) is 23.5 Å². The summed E-state index contributed by atoms with van der Waals surface area (Å²) in [6, 6.07) is 0.596. The SMILES string of the molecule is COCCN(c1nnc(Cl)c(C)c1C)C1CC1. The van der Waals surface area contributed by atoms with Gasteiger partial charge in [0, 0.05) is 19.7 Å². The molecule has 1 aromatic heterocycles. The summed E-state index contributed by atoms with van der Waals surface area (Å²) in [6.45, 7) is 5.60. The zero-order valence-electron chi connectivity index (χ0n) is 10.5. The van der Waals surface area contributed by atoms with E-state index in [0.29, 0.717) is 17.8 Å². The van der Waals surface area contributed by atoms with Gasteiger partial charge in [-0.25, -0.2) is 0 Å². The second kappa shape index (κ2) is 5.19. The first-order valence-electron chi connectivity index (χ1n) is 5.90. The first-order chi connectivity index (χ1) is 8.15. The molecule has 0 amide bonds. The second-order valence-electron chi connectivity index (χ2n) is 4.48. The number of anilines is 1. The van der Waals surface area contributed by atoms with Crippen molar-refractivity contribution in [2.75, 3.05) is 25.2 Å². The van der Waals surface area contributed by atoms with Gasteiger partial charge in [0.2, 0.25) is 0 Å². The van der Waals surface area contributed by atoms with Gasteiger partial charge in [0.1, 0.15) is 0 Å². The smallest absolute Gasteiger partial charge is 0.155 e. The number of nitrogens with zero attached hydrogens (tertiary/aromatic N) is 3. The Morgan fingerprint density at radius 2 is 2.00 bits per heavy atom. The van der Waals surface area contributed by atoms with Crippen LogP contribution in [0.1, 0.15) is 24.0 Å². The highest BCUT2D eigenvalue weighted by molar-refractivity contribution is 6.30. The van der Waals surface area contributed by atoms with Gasteiger partial charge >= 0.3 is 0 Å². The van der Waals surface area contributed by atoms with Gasteiger partial charge in [-0.05, 0) is 37.8 Å². The van der Waals surface area contributed by atoms with E-state index in [-0.39, 0.29) is 0 Å². The van der Waals surface area contributed by atoms with Crippen molar-refractivity contribution < 1.29 is 4.74 Å². The minimum Gasteiger partial charge on any atom is -0.383 e. The molecular weight excluding hydrogens is 238 g/mol. The molecule has 0 saturated heterocycles. The summed E-state index contributed by atoms with van der Waals surface area (Å²) in [6.07, 6.45) is 2.46. The molecule has 94 valence electrons. The van der Waals surface area contributed by atoms with Crippen LogP contribution in [0.15, 0.2) is 0 Å². The Hall–Kier alpha value is -0.870. The van der Waals surface area contributed by atoms with Gasteiger partial charge in [-0.3, -0.25) is 0 Å². The predicted molar refractivity (Wildman–Crippen MR) is 68.8 cm³/mol. The fourth-order valence-corrected chi connectivity index (χ4v) is 2.05. The van der Waals surface area contributed by atoms with Gasteiger partial charge in [-0.15, -0.1) is 10.2 Å². The molecule has 0 N–H and O–H groups in total. The molecule has 0 spiro atoms. The van der Waals surface area contributed by atoms with Crippen molar-refractivity contribution in [1.29, 1.82) is 0 Å². The van der Waals surface area contributed by atoms with Gasteiger partial charge in [0.05, 0.1) is 6.61 Å². The molecule has 17 heavy (non-hydrogen) atoms. The lowest BCUT2D eigenvalue weighted by molar-refractivity contribution is 0.204. The molecule has 1 aliphatic rings. The molecule has 0 aromatic carbocycles. The Bertz CT molecular complexity index is 407. The molecule has 4 nitrogen and oxygen atoms in total. The Balaban J connectivity index is 2.26. The zero-order valence-corrected chi connectivity index (χ0v) is 11.3. The van der Waals surface area contributed by atoms with E-state index in [4.69, 9.17) is 16.3 Å². The molecule has 1 aromatic rings. The standard InChI is InChI=1S/C12H18ClN3O/c1-8-9(2)12(15-14-11(8)13)16(6-7-17-3)10-4-5-10/h10H,4-7H2,1-3H3. The Morgan fingerprint density at radius 3 is 2.59 bits per heavy atom. The lowest BCUT2D eigenvalue weighted by Crippen LogP contribution is -2.31. The second-order valence-corrected chi connectivity index (χ2v) is 4.84. The third-order valence-electron chi connectivity index (χ3n) is 3.24. The highest BCUT2D eigenvalue weighted by Gasteiger charge is 2.31. The monoisotopic (exact) mass is 255 g/mol. The molecule has 1 aliphatic carbocycles. The minimum atomic E-state index is 0.494. The van der Waals surface area contributed by atoms with Gasteiger partial charge in [0.25, 0.3) is 0 Å². The van der Waals surface area contributed by atoms with Crippen molar-refractivity contribution >= 4 is 17.4 Å². The summed E-state index contributed by atoms with van der Waals surface area (Å²) in [7, 11) is 1.72. The average molecular weight is 256 g/mol. The maximum atomic E-state index is 5.97. The van der Waals surface area contributed by atoms with Crippen molar-refractivity contribution in [3.63, 3.8) is 0 Å². The van der Waals surface area contributed by atoms with Crippen LogP contribution in [0.4, 0.5) is 5.82 Å². The van der Waals surface area contributed by atoms with Crippen LogP contribution in [0.2, 0.25) is 5.15 Å². The molecule has 1 fully saturated rings. The van der Waals surface area contributed by atoms with Gasteiger partial charge in [-0.1, -0.05) is 11.6 Å².